The van der Waals surface area contributed by atoms with Gasteiger partial charge < -0.3 is 19.7 Å². The van der Waals surface area contributed by atoms with Gasteiger partial charge in [-0.2, -0.15) is 0 Å². The molecule has 2 saturated heterocycles. The third kappa shape index (κ3) is 3.37. The number of nitrogens with zero attached hydrogens (tertiary/aromatic N) is 1. The minimum atomic E-state index is -0.575. The quantitative estimate of drug-likeness (QED) is 0.914. The minimum absolute atomic E-state index is 0.0272. The summed E-state index contributed by atoms with van der Waals surface area (Å²) in [5.74, 6) is -0.486. The SMILES string of the molecule is CC1([C@@H]2CCCN(C(=O)N[C@H]3C[C@H]3c3ccccc3F)C2)OCCO1. The predicted molar refractivity (Wildman–Crippen MR) is 90.7 cm³/mol. The van der Waals surface area contributed by atoms with Crippen molar-refractivity contribution in [3.05, 3.63) is 35.6 Å². The van der Waals surface area contributed by atoms with E-state index in [0.717, 1.165) is 25.8 Å². The van der Waals surface area contributed by atoms with E-state index in [1.54, 1.807) is 12.1 Å². The molecule has 1 N–H and O–H groups in total. The number of nitrogens with one attached hydrogen (secondary N) is 1. The second-order valence-electron chi connectivity index (χ2n) is 7.42. The van der Waals surface area contributed by atoms with E-state index in [0.29, 0.717) is 25.3 Å². The molecule has 5 nitrogen and oxygen atoms in total. The van der Waals surface area contributed by atoms with E-state index in [1.165, 1.54) is 6.07 Å². The first-order valence-electron chi connectivity index (χ1n) is 9.14. The monoisotopic (exact) mass is 348 g/mol. The molecular weight excluding hydrogens is 323 g/mol. The molecule has 3 atom stereocenters. The van der Waals surface area contributed by atoms with Crippen LogP contribution in [0.15, 0.2) is 24.3 Å². The Hall–Kier alpha value is -1.66. The van der Waals surface area contributed by atoms with Gasteiger partial charge in [0.1, 0.15) is 5.82 Å². The summed E-state index contributed by atoms with van der Waals surface area (Å²) in [6.45, 7) is 4.59. The second kappa shape index (κ2) is 6.57. The molecule has 1 aliphatic carbocycles. The Kier molecular flexibility index (Phi) is 4.41. The Balaban J connectivity index is 1.33. The van der Waals surface area contributed by atoms with Crippen molar-refractivity contribution in [2.24, 2.45) is 5.92 Å². The molecule has 0 radical (unpaired) electrons. The molecule has 4 rings (SSSR count). The highest BCUT2D eigenvalue weighted by atomic mass is 19.1. The topological polar surface area (TPSA) is 50.8 Å². The van der Waals surface area contributed by atoms with Gasteiger partial charge in [0.15, 0.2) is 5.79 Å². The number of piperidine rings is 1. The van der Waals surface area contributed by atoms with Crippen molar-refractivity contribution in [1.29, 1.82) is 0 Å². The molecule has 1 aromatic carbocycles. The largest absolute Gasteiger partial charge is 0.347 e. The lowest BCUT2D eigenvalue weighted by molar-refractivity contribution is -0.189. The Labute approximate surface area is 147 Å². The molecule has 1 saturated carbocycles. The molecule has 136 valence electrons. The molecular formula is C19H25FN2O3. The summed E-state index contributed by atoms with van der Waals surface area (Å²) in [6, 6.07) is 6.78. The molecule has 0 spiro atoms. The molecule has 3 fully saturated rings. The summed E-state index contributed by atoms with van der Waals surface area (Å²) in [4.78, 5) is 14.5. The Morgan fingerprint density at radius 1 is 1.32 bits per heavy atom. The molecule has 2 heterocycles. The van der Waals surface area contributed by atoms with Gasteiger partial charge in [-0.3, -0.25) is 0 Å². The number of urea groups is 1. The third-order valence-electron chi connectivity index (χ3n) is 5.71. The van der Waals surface area contributed by atoms with Crippen LogP contribution in [-0.4, -0.2) is 49.1 Å². The number of benzene rings is 1. The van der Waals surface area contributed by atoms with Crippen LogP contribution >= 0.6 is 0 Å². The number of halogens is 1. The molecule has 0 unspecified atom stereocenters. The smallest absolute Gasteiger partial charge is 0.317 e. The van der Waals surface area contributed by atoms with Crippen molar-refractivity contribution in [3.63, 3.8) is 0 Å². The van der Waals surface area contributed by atoms with E-state index in [9.17, 15) is 9.18 Å². The number of rotatable bonds is 3. The Morgan fingerprint density at radius 3 is 2.84 bits per heavy atom. The van der Waals surface area contributed by atoms with E-state index >= 15 is 0 Å². The van der Waals surface area contributed by atoms with Crippen LogP contribution in [0.1, 0.15) is 37.7 Å². The number of carbonyl (C=O) groups is 1. The van der Waals surface area contributed by atoms with Gasteiger partial charge in [-0.1, -0.05) is 18.2 Å². The first kappa shape index (κ1) is 16.8. The van der Waals surface area contributed by atoms with Crippen molar-refractivity contribution in [3.8, 4) is 0 Å². The van der Waals surface area contributed by atoms with Crippen LogP contribution in [0.5, 0.6) is 0 Å². The number of ether oxygens (including phenoxy) is 2. The highest BCUT2D eigenvalue weighted by Gasteiger charge is 2.45. The second-order valence-corrected chi connectivity index (χ2v) is 7.42. The van der Waals surface area contributed by atoms with Gasteiger partial charge in [0.25, 0.3) is 0 Å². The summed E-state index contributed by atoms with van der Waals surface area (Å²) in [5, 5.41) is 3.06. The lowest BCUT2D eigenvalue weighted by Crippen LogP contribution is -2.51. The fourth-order valence-corrected chi connectivity index (χ4v) is 4.08. The van der Waals surface area contributed by atoms with Crippen molar-refractivity contribution < 1.29 is 18.7 Å². The van der Waals surface area contributed by atoms with E-state index in [4.69, 9.17) is 9.47 Å². The fraction of sp³-hybridized carbons (Fsp3) is 0.632. The van der Waals surface area contributed by atoms with Gasteiger partial charge >= 0.3 is 6.03 Å². The van der Waals surface area contributed by atoms with Crippen molar-refractivity contribution in [2.75, 3.05) is 26.3 Å². The van der Waals surface area contributed by atoms with Crippen LogP contribution in [0, 0.1) is 11.7 Å². The standard InChI is InChI=1S/C19H25FN2O3/c1-19(24-9-10-25-19)13-5-4-8-22(12-13)18(23)21-17-11-15(17)14-6-2-3-7-16(14)20/h2-3,6-7,13,15,17H,4-5,8-12H2,1H3,(H,21,23)/t13-,15+,17+/m1/s1. The maximum Gasteiger partial charge on any atom is 0.317 e. The van der Waals surface area contributed by atoms with Crippen molar-refractivity contribution in [1.82, 2.24) is 10.2 Å². The maximum atomic E-state index is 13.9. The fourth-order valence-electron chi connectivity index (χ4n) is 4.08. The van der Waals surface area contributed by atoms with E-state index < -0.39 is 5.79 Å². The number of likely N-dealkylation sites (tertiary alicyclic amines) is 1. The zero-order valence-corrected chi connectivity index (χ0v) is 14.5. The number of amides is 2. The van der Waals surface area contributed by atoms with Gasteiger partial charge in [-0.15, -0.1) is 0 Å². The average molecular weight is 348 g/mol. The summed E-state index contributed by atoms with van der Waals surface area (Å²) >= 11 is 0. The zero-order chi connectivity index (χ0) is 17.4. The summed E-state index contributed by atoms with van der Waals surface area (Å²) < 4.78 is 25.4. The molecule has 0 bridgehead atoms. The highest BCUT2D eigenvalue weighted by Crippen LogP contribution is 2.42. The lowest BCUT2D eigenvalue weighted by atomic mass is 9.90. The third-order valence-corrected chi connectivity index (χ3v) is 5.71. The van der Waals surface area contributed by atoms with Gasteiger partial charge in [-0.05, 0) is 37.8 Å². The summed E-state index contributed by atoms with van der Waals surface area (Å²) in [5.41, 5.74) is 0.699. The average Bonchev–Trinajstić information content (AvgIpc) is 3.23. The molecule has 25 heavy (non-hydrogen) atoms. The molecule has 0 aromatic heterocycles. The number of hydrogen-bond acceptors (Lipinski definition) is 3. The maximum absolute atomic E-state index is 13.9. The van der Waals surface area contributed by atoms with Crippen LogP contribution < -0.4 is 5.32 Å². The Bertz CT molecular complexity index is 647. The zero-order valence-electron chi connectivity index (χ0n) is 14.5. The van der Waals surface area contributed by atoms with E-state index in [2.05, 4.69) is 5.32 Å². The van der Waals surface area contributed by atoms with Crippen LogP contribution in [0.3, 0.4) is 0 Å². The number of hydrogen-bond donors (Lipinski definition) is 1. The first-order valence-corrected chi connectivity index (χ1v) is 9.14. The highest BCUT2D eigenvalue weighted by molar-refractivity contribution is 5.75. The van der Waals surface area contributed by atoms with Crippen molar-refractivity contribution >= 4 is 6.03 Å². The van der Waals surface area contributed by atoms with Gasteiger partial charge in [0.05, 0.1) is 13.2 Å². The van der Waals surface area contributed by atoms with Crippen LogP contribution in [0.2, 0.25) is 0 Å². The first-order chi connectivity index (χ1) is 12.1. The van der Waals surface area contributed by atoms with Gasteiger partial charge in [-0.25, -0.2) is 9.18 Å². The predicted octanol–water partition coefficient (Wildman–Crippen LogP) is 2.87. The van der Waals surface area contributed by atoms with Gasteiger partial charge in [0, 0.05) is 31.0 Å². The molecule has 1 aromatic rings. The molecule has 2 amide bonds. The molecule has 6 heteroatoms. The summed E-state index contributed by atoms with van der Waals surface area (Å²) in [6.07, 6.45) is 2.75. The lowest BCUT2D eigenvalue weighted by Gasteiger charge is -2.39. The van der Waals surface area contributed by atoms with Crippen LogP contribution in [-0.2, 0) is 9.47 Å². The van der Waals surface area contributed by atoms with E-state index in [-0.39, 0.29) is 29.7 Å². The Morgan fingerprint density at radius 2 is 2.08 bits per heavy atom. The minimum Gasteiger partial charge on any atom is -0.347 e. The van der Waals surface area contributed by atoms with Crippen LogP contribution in [0.4, 0.5) is 9.18 Å². The molecule has 3 aliphatic rings. The normalized spacial score (nSPS) is 31.0. The van der Waals surface area contributed by atoms with Crippen LogP contribution in [0.25, 0.3) is 0 Å². The van der Waals surface area contributed by atoms with E-state index in [1.807, 2.05) is 17.9 Å². The number of carbonyl (C=O) groups excluding carboxylic acids is 1. The van der Waals surface area contributed by atoms with Gasteiger partial charge in [0.2, 0.25) is 0 Å². The molecule has 2 aliphatic heterocycles. The van der Waals surface area contributed by atoms with Crippen molar-refractivity contribution in [2.45, 2.75) is 43.9 Å². The summed E-state index contributed by atoms with van der Waals surface area (Å²) in [7, 11) is 0.